The van der Waals surface area contributed by atoms with Crippen LogP contribution in [0.2, 0.25) is 0 Å². The molecule has 3 heteroatoms. The van der Waals surface area contributed by atoms with Gasteiger partial charge < -0.3 is 10.6 Å². The van der Waals surface area contributed by atoms with Gasteiger partial charge in [0.1, 0.15) is 0 Å². The summed E-state index contributed by atoms with van der Waals surface area (Å²) in [6.45, 7) is 5.95. The fraction of sp³-hybridized carbons (Fsp3) is 0.545. The van der Waals surface area contributed by atoms with Gasteiger partial charge in [0.25, 0.3) is 0 Å². The molecule has 0 aromatic carbocycles. The molecule has 1 heterocycles. The Hall–Kier alpha value is -1.09. The van der Waals surface area contributed by atoms with Crippen molar-refractivity contribution in [1.82, 2.24) is 4.98 Å². The van der Waals surface area contributed by atoms with Crippen LogP contribution in [0.15, 0.2) is 18.5 Å². The number of aromatic nitrogens is 1. The minimum Gasteiger partial charge on any atom is -0.374 e. The SMILES string of the molecule is Cc1cnccc1N(C)CC(C)CN. The fourth-order valence-corrected chi connectivity index (χ4v) is 1.53. The van der Waals surface area contributed by atoms with E-state index in [1.54, 1.807) is 0 Å². The predicted octanol–water partition coefficient (Wildman–Crippen LogP) is 1.42. The van der Waals surface area contributed by atoms with Gasteiger partial charge in [-0.3, -0.25) is 4.98 Å². The van der Waals surface area contributed by atoms with Gasteiger partial charge in [-0.1, -0.05) is 6.92 Å². The summed E-state index contributed by atoms with van der Waals surface area (Å²) in [5, 5.41) is 0. The highest BCUT2D eigenvalue weighted by molar-refractivity contribution is 5.50. The third kappa shape index (κ3) is 2.70. The molecular formula is C11H19N3. The highest BCUT2D eigenvalue weighted by atomic mass is 15.1. The van der Waals surface area contributed by atoms with E-state index in [9.17, 15) is 0 Å². The van der Waals surface area contributed by atoms with Gasteiger partial charge in [-0.2, -0.15) is 0 Å². The second kappa shape index (κ2) is 4.96. The van der Waals surface area contributed by atoms with Crippen molar-refractivity contribution in [3.8, 4) is 0 Å². The summed E-state index contributed by atoms with van der Waals surface area (Å²) in [5.41, 5.74) is 8.04. The van der Waals surface area contributed by atoms with Crippen LogP contribution in [0.1, 0.15) is 12.5 Å². The number of aryl methyl sites for hydroxylation is 1. The van der Waals surface area contributed by atoms with E-state index in [4.69, 9.17) is 5.73 Å². The van der Waals surface area contributed by atoms with Crippen molar-refractivity contribution in [2.24, 2.45) is 11.7 Å². The molecule has 1 atom stereocenters. The normalized spacial score (nSPS) is 12.6. The Balaban J connectivity index is 2.69. The van der Waals surface area contributed by atoms with Gasteiger partial charge in [0.05, 0.1) is 0 Å². The molecular weight excluding hydrogens is 174 g/mol. The van der Waals surface area contributed by atoms with Crippen molar-refractivity contribution in [1.29, 1.82) is 0 Å². The van der Waals surface area contributed by atoms with E-state index in [0.717, 1.165) is 13.1 Å². The number of nitrogens with two attached hydrogens (primary N) is 1. The van der Waals surface area contributed by atoms with Gasteiger partial charge in [0.15, 0.2) is 0 Å². The Labute approximate surface area is 85.9 Å². The molecule has 0 aliphatic rings. The van der Waals surface area contributed by atoms with Crippen molar-refractivity contribution in [2.45, 2.75) is 13.8 Å². The number of hydrogen-bond donors (Lipinski definition) is 1. The monoisotopic (exact) mass is 193 g/mol. The highest BCUT2D eigenvalue weighted by Crippen LogP contribution is 2.17. The molecule has 0 saturated carbocycles. The Bertz CT molecular complexity index is 286. The van der Waals surface area contributed by atoms with Gasteiger partial charge >= 0.3 is 0 Å². The van der Waals surface area contributed by atoms with Gasteiger partial charge in [0.2, 0.25) is 0 Å². The smallest absolute Gasteiger partial charge is 0.0424 e. The third-order valence-electron chi connectivity index (χ3n) is 2.39. The maximum absolute atomic E-state index is 5.60. The Morgan fingerprint density at radius 2 is 2.29 bits per heavy atom. The van der Waals surface area contributed by atoms with E-state index in [1.165, 1.54) is 11.3 Å². The minimum absolute atomic E-state index is 0.521. The summed E-state index contributed by atoms with van der Waals surface area (Å²) >= 11 is 0. The standard InChI is InChI=1S/C11H19N3/c1-9(6-12)8-14(3)11-4-5-13-7-10(11)2/h4-5,7,9H,6,8,12H2,1-3H3. The number of pyridine rings is 1. The van der Waals surface area contributed by atoms with Crippen LogP contribution < -0.4 is 10.6 Å². The first-order chi connectivity index (χ1) is 6.65. The molecule has 0 aliphatic heterocycles. The number of nitrogens with zero attached hydrogens (tertiary/aromatic N) is 2. The van der Waals surface area contributed by atoms with Crippen LogP contribution in [-0.4, -0.2) is 25.1 Å². The zero-order valence-corrected chi connectivity index (χ0v) is 9.20. The van der Waals surface area contributed by atoms with Crippen molar-refractivity contribution < 1.29 is 0 Å². The first-order valence-electron chi connectivity index (χ1n) is 4.97. The molecule has 1 aromatic rings. The van der Waals surface area contributed by atoms with Crippen LogP contribution in [0.3, 0.4) is 0 Å². The Morgan fingerprint density at radius 1 is 1.57 bits per heavy atom. The molecule has 1 rings (SSSR count). The lowest BCUT2D eigenvalue weighted by Crippen LogP contribution is -2.28. The van der Waals surface area contributed by atoms with Crippen LogP contribution in [-0.2, 0) is 0 Å². The average Bonchev–Trinajstić information content (AvgIpc) is 2.18. The maximum Gasteiger partial charge on any atom is 0.0424 e. The number of rotatable bonds is 4. The summed E-state index contributed by atoms with van der Waals surface area (Å²) in [7, 11) is 2.09. The summed E-state index contributed by atoms with van der Waals surface area (Å²) in [6, 6.07) is 2.04. The minimum atomic E-state index is 0.521. The summed E-state index contributed by atoms with van der Waals surface area (Å²) < 4.78 is 0. The topological polar surface area (TPSA) is 42.2 Å². The molecule has 0 aliphatic carbocycles. The highest BCUT2D eigenvalue weighted by Gasteiger charge is 2.07. The fourth-order valence-electron chi connectivity index (χ4n) is 1.53. The zero-order valence-electron chi connectivity index (χ0n) is 9.20. The molecule has 1 unspecified atom stereocenters. The van der Waals surface area contributed by atoms with Crippen LogP contribution in [0.4, 0.5) is 5.69 Å². The van der Waals surface area contributed by atoms with Gasteiger partial charge in [0, 0.05) is 31.7 Å². The first kappa shape index (κ1) is 11.0. The van der Waals surface area contributed by atoms with E-state index in [0.29, 0.717) is 5.92 Å². The summed E-state index contributed by atoms with van der Waals surface area (Å²) in [4.78, 5) is 6.31. The Kier molecular flexibility index (Phi) is 3.89. The number of anilines is 1. The average molecular weight is 193 g/mol. The maximum atomic E-state index is 5.60. The van der Waals surface area contributed by atoms with Crippen molar-refractivity contribution in [2.75, 3.05) is 25.0 Å². The predicted molar refractivity (Wildman–Crippen MR) is 60.5 cm³/mol. The zero-order chi connectivity index (χ0) is 10.6. The van der Waals surface area contributed by atoms with Crippen LogP contribution in [0, 0.1) is 12.8 Å². The van der Waals surface area contributed by atoms with E-state index in [-0.39, 0.29) is 0 Å². The molecule has 0 saturated heterocycles. The van der Waals surface area contributed by atoms with Crippen LogP contribution >= 0.6 is 0 Å². The largest absolute Gasteiger partial charge is 0.374 e. The molecule has 0 amide bonds. The van der Waals surface area contributed by atoms with E-state index in [2.05, 4.69) is 30.8 Å². The first-order valence-corrected chi connectivity index (χ1v) is 4.97. The Morgan fingerprint density at radius 3 is 2.86 bits per heavy atom. The molecule has 0 radical (unpaired) electrons. The molecule has 1 aromatic heterocycles. The molecule has 0 bridgehead atoms. The molecule has 14 heavy (non-hydrogen) atoms. The van der Waals surface area contributed by atoms with Gasteiger partial charge in [-0.15, -0.1) is 0 Å². The lowest BCUT2D eigenvalue weighted by molar-refractivity contribution is 0.589. The van der Waals surface area contributed by atoms with E-state index in [1.807, 2.05) is 18.5 Å². The summed E-state index contributed by atoms with van der Waals surface area (Å²) in [5.74, 6) is 0.521. The molecule has 0 fully saturated rings. The van der Waals surface area contributed by atoms with Gasteiger partial charge in [-0.25, -0.2) is 0 Å². The lowest BCUT2D eigenvalue weighted by atomic mass is 10.1. The van der Waals surface area contributed by atoms with Crippen LogP contribution in [0.25, 0.3) is 0 Å². The number of hydrogen-bond acceptors (Lipinski definition) is 3. The van der Waals surface area contributed by atoms with E-state index >= 15 is 0 Å². The van der Waals surface area contributed by atoms with Crippen molar-refractivity contribution in [3.63, 3.8) is 0 Å². The van der Waals surface area contributed by atoms with Crippen molar-refractivity contribution in [3.05, 3.63) is 24.0 Å². The molecule has 2 N–H and O–H groups in total. The van der Waals surface area contributed by atoms with Gasteiger partial charge in [-0.05, 0) is 31.0 Å². The lowest BCUT2D eigenvalue weighted by Gasteiger charge is -2.23. The van der Waals surface area contributed by atoms with E-state index < -0.39 is 0 Å². The summed E-state index contributed by atoms with van der Waals surface area (Å²) in [6.07, 6.45) is 3.71. The third-order valence-corrected chi connectivity index (χ3v) is 2.39. The quantitative estimate of drug-likeness (QED) is 0.786. The second-order valence-electron chi connectivity index (χ2n) is 3.88. The molecule has 78 valence electrons. The molecule has 3 nitrogen and oxygen atoms in total. The second-order valence-corrected chi connectivity index (χ2v) is 3.88. The van der Waals surface area contributed by atoms with Crippen molar-refractivity contribution >= 4 is 5.69 Å². The molecule has 0 spiro atoms. The van der Waals surface area contributed by atoms with Crippen LogP contribution in [0.5, 0.6) is 0 Å².